The van der Waals surface area contributed by atoms with Gasteiger partial charge in [-0.25, -0.2) is 5.06 Å². The summed E-state index contributed by atoms with van der Waals surface area (Å²) in [5, 5.41) is 16.4. The molecule has 2 aliphatic rings. The highest BCUT2D eigenvalue weighted by molar-refractivity contribution is 6.20. The molecule has 1 aliphatic carbocycles. The van der Waals surface area contributed by atoms with Crippen molar-refractivity contribution in [2.75, 3.05) is 13.2 Å². The quantitative estimate of drug-likeness (QED) is 0.196. The average Bonchev–Trinajstić information content (AvgIpc) is 3.05. The van der Waals surface area contributed by atoms with Crippen LogP contribution in [0.5, 0.6) is 0 Å². The van der Waals surface area contributed by atoms with Gasteiger partial charge in [0.2, 0.25) is 6.41 Å². The first-order valence-electron chi connectivity index (χ1n) is 7.96. The molecule has 0 aromatic rings. The van der Waals surface area contributed by atoms with Crippen LogP contribution in [0.25, 0.3) is 0 Å². The van der Waals surface area contributed by atoms with Gasteiger partial charge in [-0.2, -0.15) is 0 Å². The summed E-state index contributed by atoms with van der Waals surface area (Å²) < 4.78 is 0. The van der Waals surface area contributed by atoms with Crippen LogP contribution >= 0.6 is 0 Å². The van der Waals surface area contributed by atoms with Gasteiger partial charge in [0.15, 0.2) is 11.6 Å². The van der Waals surface area contributed by atoms with E-state index in [1.807, 2.05) is 0 Å². The fraction of sp³-hybridized carbons (Fsp3) is 0.562. The SMILES string of the molecule is CCCCCC1=CC(=O)C(C(C2CNCN2)N(O)C=O)=CC1=O. The molecule has 0 aromatic heterocycles. The van der Waals surface area contributed by atoms with Gasteiger partial charge in [0, 0.05) is 30.4 Å². The van der Waals surface area contributed by atoms with Crippen molar-refractivity contribution in [3.05, 3.63) is 23.3 Å². The Hall–Kier alpha value is -1.83. The highest BCUT2D eigenvalue weighted by Gasteiger charge is 2.36. The molecule has 0 saturated carbocycles. The van der Waals surface area contributed by atoms with E-state index in [4.69, 9.17) is 0 Å². The van der Waals surface area contributed by atoms with Gasteiger partial charge in [-0.1, -0.05) is 19.8 Å². The van der Waals surface area contributed by atoms with Gasteiger partial charge < -0.3 is 5.32 Å². The van der Waals surface area contributed by atoms with Crippen molar-refractivity contribution < 1.29 is 19.6 Å². The summed E-state index contributed by atoms with van der Waals surface area (Å²) in [6, 6.07) is -1.21. The third kappa shape index (κ3) is 4.13. The first-order valence-corrected chi connectivity index (χ1v) is 7.96. The molecule has 0 aromatic carbocycles. The molecule has 2 atom stereocenters. The summed E-state index contributed by atoms with van der Waals surface area (Å²) in [6.07, 6.45) is 6.35. The largest absolute Gasteiger partial charge is 0.303 e. The van der Waals surface area contributed by atoms with E-state index in [-0.39, 0.29) is 29.6 Å². The first-order chi connectivity index (χ1) is 11.1. The topological polar surface area (TPSA) is 98.7 Å². The Kier molecular flexibility index (Phi) is 6.20. The van der Waals surface area contributed by atoms with Crippen LogP contribution in [0.3, 0.4) is 0 Å². The number of carbonyl (C=O) groups excluding carboxylic acids is 3. The standard InChI is InChI=1S/C16H23N3O4/c1-2-3-4-5-11-6-15(22)12(7-14(11)21)16(19(23)10-20)13-8-17-9-18-13/h6-7,10,13,16-18,23H,2-5,8-9H2,1H3. The van der Waals surface area contributed by atoms with E-state index in [1.165, 1.54) is 12.2 Å². The summed E-state index contributed by atoms with van der Waals surface area (Å²) in [5.74, 6) is -0.540. The maximum absolute atomic E-state index is 12.4. The molecule has 3 N–H and O–H groups in total. The molecular weight excluding hydrogens is 298 g/mol. The summed E-state index contributed by atoms with van der Waals surface area (Å²) in [5.41, 5.74) is 0.643. The van der Waals surface area contributed by atoms with Crippen LogP contribution in [-0.2, 0) is 14.4 Å². The lowest BCUT2D eigenvalue weighted by molar-refractivity contribution is -0.159. The average molecular weight is 321 g/mol. The van der Waals surface area contributed by atoms with Gasteiger partial charge in [-0.15, -0.1) is 0 Å². The summed E-state index contributed by atoms with van der Waals surface area (Å²) in [4.78, 5) is 35.6. The van der Waals surface area contributed by atoms with E-state index >= 15 is 0 Å². The van der Waals surface area contributed by atoms with Gasteiger partial charge in [0.25, 0.3) is 0 Å². The highest BCUT2D eigenvalue weighted by Crippen LogP contribution is 2.23. The Balaban J connectivity index is 2.17. The molecule has 1 aliphatic heterocycles. The first kappa shape index (κ1) is 17.5. The Morgan fingerprint density at radius 3 is 2.74 bits per heavy atom. The van der Waals surface area contributed by atoms with Gasteiger partial charge >= 0.3 is 0 Å². The number of hydrogen-bond donors (Lipinski definition) is 3. The number of rotatable bonds is 8. The maximum atomic E-state index is 12.4. The minimum absolute atomic E-state index is 0.144. The van der Waals surface area contributed by atoms with E-state index in [2.05, 4.69) is 17.6 Å². The van der Waals surface area contributed by atoms with Crippen molar-refractivity contribution in [2.24, 2.45) is 0 Å². The zero-order chi connectivity index (χ0) is 16.8. The van der Waals surface area contributed by atoms with Gasteiger partial charge in [0.05, 0.1) is 0 Å². The minimum atomic E-state index is -0.882. The smallest absolute Gasteiger partial charge is 0.233 e. The number of allylic oxidation sites excluding steroid dienone is 3. The van der Waals surface area contributed by atoms with Crippen molar-refractivity contribution in [2.45, 2.75) is 44.7 Å². The molecule has 0 spiro atoms. The molecule has 23 heavy (non-hydrogen) atoms. The minimum Gasteiger partial charge on any atom is -0.303 e. The molecule has 0 radical (unpaired) electrons. The third-order valence-corrected chi connectivity index (χ3v) is 4.19. The van der Waals surface area contributed by atoms with Crippen LogP contribution in [0, 0.1) is 0 Å². The van der Waals surface area contributed by atoms with Crippen LogP contribution < -0.4 is 10.6 Å². The predicted molar refractivity (Wildman–Crippen MR) is 83.6 cm³/mol. The summed E-state index contributed by atoms with van der Waals surface area (Å²) >= 11 is 0. The molecular formula is C16H23N3O4. The van der Waals surface area contributed by atoms with Crippen LogP contribution in [-0.4, -0.2) is 53.5 Å². The Morgan fingerprint density at radius 2 is 2.13 bits per heavy atom. The van der Waals surface area contributed by atoms with Crippen molar-refractivity contribution in [3.63, 3.8) is 0 Å². The third-order valence-electron chi connectivity index (χ3n) is 4.19. The fourth-order valence-electron chi connectivity index (χ4n) is 2.95. The van der Waals surface area contributed by atoms with Gasteiger partial charge in [0.1, 0.15) is 6.04 Å². The zero-order valence-electron chi connectivity index (χ0n) is 13.2. The van der Waals surface area contributed by atoms with E-state index in [9.17, 15) is 19.6 Å². The Morgan fingerprint density at radius 1 is 1.35 bits per heavy atom. The molecule has 0 bridgehead atoms. The lowest BCUT2D eigenvalue weighted by atomic mass is 9.87. The normalized spacial score (nSPS) is 22.6. The second-order valence-corrected chi connectivity index (χ2v) is 5.83. The zero-order valence-corrected chi connectivity index (χ0v) is 13.2. The number of hydrogen-bond acceptors (Lipinski definition) is 6. The van der Waals surface area contributed by atoms with Crippen LogP contribution in [0.15, 0.2) is 23.3 Å². The van der Waals surface area contributed by atoms with Gasteiger partial charge in [-0.3, -0.25) is 24.9 Å². The van der Waals surface area contributed by atoms with Crippen molar-refractivity contribution in [1.82, 2.24) is 15.7 Å². The number of amides is 1. The molecule has 2 unspecified atom stereocenters. The maximum Gasteiger partial charge on any atom is 0.233 e. The van der Waals surface area contributed by atoms with Crippen LogP contribution in [0.4, 0.5) is 0 Å². The number of nitrogens with one attached hydrogen (secondary N) is 2. The number of nitrogens with zero attached hydrogens (tertiary/aromatic N) is 1. The van der Waals surface area contributed by atoms with Crippen molar-refractivity contribution in [3.8, 4) is 0 Å². The second kappa shape index (κ2) is 8.14. The number of ketones is 2. The van der Waals surface area contributed by atoms with Gasteiger partial charge in [-0.05, 0) is 25.0 Å². The number of unbranched alkanes of at least 4 members (excludes halogenated alkanes) is 2. The molecule has 7 nitrogen and oxygen atoms in total. The van der Waals surface area contributed by atoms with E-state index < -0.39 is 6.04 Å². The lowest BCUT2D eigenvalue weighted by Crippen LogP contribution is -2.50. The highest BCUT2D eigenvalue weighted by atomic mass is 16.5. The summed E-state index contributed by atoms with van der Waals surface area (Å²) in [6.45, 7) is 3.07. The molecule has 2 rings (SSSR count). The molecule has 1 amide bonds. The molecule has 1 saturated heterocycles. The Labute approximate surface area is 135 Å². The second-order valence-electron chi connectivity index (χ2n) is 5.83. The number of hydroxylamine groups is 2. The van der Waals surface area contributed by atoms with Crippen LogP contribution in [0.1, 0.15) is 32.6 Å². The number of carbonyl (C=O) groups is 3. The van der Waals surface area contributed by atoms with Crippen molar-refractivity contribution >= 4 is 18.0 Å². The Bertz CT molecular complexity index is 535. The monoisotopic (exact) mass is 321 g/mol. The van der Waals surface area contributed by atoms with Crippen molar-refractivity contribution in [1.29, 1.82) is 0 Å². The fourth-order valence-corrected chi connectivity index (χ4v) is 2.95. The molecule has 126 valence electrons. The van der Waals surface area contributed by atoms with E-state index in [0.29, 0.717) is 30.3 Å². The van der Waals surface area contributed by atoms with Crippen LogP contribution in [0.2, 0.25) is 0 Å². The van der Waals surface area contributed by atoms with E-state index in [1.54, 1.807) is 0 Å². The lowest BCUT2D eigenvalue weighted by Gasteiger charge is -2.30. The summed E-state index contributed by atoms with van der Waals surface area (Å²) in [7, 11) is 0. The predicted octanol–water partition coefficient (Wildman–Crippen LogP) is 0.306. The molecule has 7 heteroatoms. The molecule has 1 fully saturated rings. The van der Waals surface area contributed by atoms with E-state index in [0.717, 1.165) is 19.3 Å². The molecule has 1 heterocycles.